The smallest absolute Gasteiger partial charge is 0.218 e. The summed E-state index contributed by atoms with van der Waals surface area (Å²) in [5.41, 5.74) is 2.34. The fraction of sp³-hybridized carbons (Fsp3) is 0.478. The molecule has 2 aromatic rings. The molecule has 1 fully saturated rings. The van der Waals surface area contributed by atoms with Crippen molar-refractivity contribution in [3.8, 4) is 5.88 Å². The molecule has 2 unspecified atom stereocenters. The molecule has 1 saturated heterocycles. The molecule has 3 rings (SSSR count). The number of hydrogen-bond acceptors (Lipinski definition) is 5. The first kappa shape index (κ1) is 25.4. The van der Waals surface area contributed by atoms with Crippen LogP contribution < -0.4 is 15.4 Å². The zero-order valence-corrected chi connectivity index (χ0v) is 20.9. The Morgan fingerprint density at radius 3 is 2.74 bits per heavy atom. The number of aliphatic imine (C=N–C) groups is 1. The molecule has 2 atom stereocenters. The number of likely N-dealkylation sites (tertiary alicyclic amines) is 1. The number of nitrogens with zero attached hydrogens (tertiary/aromatic N) is 3. The largest absolute Gasteiger partial charge is 0.475 e. The first-order chi connectivity index (χ1) is 14.7. The van der Waals surface area contributed by atoms with E-state index >= 15 is 0 Å². The number of pyridine rings is 1. The Morgan fingerprint density at radius 2 is 2.00 bits per heavy atom. The van der Waals surface area contributed by atoms with Crippen LogP contribution in [0.1, 0.15) is 24.5 Å². The summed E-state index contributed by atoms with van der Waals surface area (Å²) < 4.78 is 10.8. The van der Waals surface area contributed by atoms with E-state index in [1.54, 1.807) is 20.4 Å². The number of rotatable bonds is 9. The van der Waals surface area contributed by atoms with Crippen LogP contribution in [0.15, 0.2) is 53.7 Å². The van der Waals surface area contributed by atoms with Gasteiger partial charge in [-0.3, -0.25) is 9.89 Å². The van der Waals surface area contributed by atoms with E-state index in [9.17, 15) is 0 Å². The molecule has 2 N–H and O–H groups in total. The highest BCUT2D eigenvalue weighted by Gasteiger charge is 2.29. The highest BCUT2D eigenvalue weighted by molar-refractivity contribution is 14.0. The summed E-state index contributed by atoms with van der Waals surface area (Å²) in [6.45, 7) is 5.86. The van der Waals surface area contributed by atoms with Crippen molar-refractivity contribution >= 4 is 29.9 Å². The van der Waals surface area contributed by atoms with Crippen molar-refractivity contribution in [3.63, 3.8) is 0 Å². The lowest BCUT2D eigenvalue weighted by Crippen LogP contribution is -2.44. The average molecular weight is 539 g/mol. The number of nitrogens with one attached hydrogen (secondary N) is 2. The Bertz CT molecular complexity index is 806. The highest BCUT2D eigenvalue weighted by atomic mass is 127. The van der Waals surface area contributed by atoms with E-state index in [1.165, 1.54) is 5.56 Å². The summed E-state index contributed by atoms with van der Waals surface area (Å²) in [5, 5.41) is 6.96. The molecule has 0 aliphatic carbocycles. The van der Waals surface area contributed by atoms with Crippen LogP contribution in [0.4, 0.5) is 0 Å². The molecule has 0 radical (unpaired) electrons. The van der Waals surface area contributed by atoms with Gasteiger partial charge in [0.1, 0.15) is 6.61 Å². The average Bonchev–Trinajstić information content (AvgIpc) is 3.11. The summed E-state index contributed by atoms with van der Waals surface area (Å²) in [5.74, 6) is 1.42. The van der Waals surface area contributed by atoms with E-state index in [1.807, 2.05) is 12.1 Å². The van der Waals surface area contributed by atoms with Gasteiger partial charge in [0, 0.05) is 57.6 Å². The minimum atomic E-state index is 0. The Morgan fingerprint density at radius 1 is 1.19 bits per heavy atom. The molecule has 1 aromatic carbocycles. The molecule has 7 nitrogen and oxygen atoms in total. The van der Waals surface area contributed by atoms with Crippen LogP contribution in [0.3, 0.4) is 0 Å². The molecular weight excluding hydrogens is 505 g/mol. The highest BCUT2D eigenvalue weighted by Crippen LogP contribution is 2.20. The number of hydrogen-bond donors (Lipinski definition) is 2. The second-order valence-electron chi connectivity index (χ2n) is 7.58. The maximum absolute atomic E-state index is 5.72. The van der Waals surface area contributed by atoms with Crippen molar-refractivity contribution < 1.29 is 9.47 Å². The maximum Gasteiger partial charge on any atom is 0.218 e. The zero-order valence-electron chi connectivity index (χ0n) is 18.6. The molecule has 0 bridgehead atoms. The number of guanidine groups is 1. The van der Waals surface area contributed by atoms with Gasteiger partial charge in [0.05, 0.1) is 6.61 Å². The van der Waals surface area contributed by atoms with Crippen LogP contribution in [-0.4, -0.2) is 61.8 Å². The molecule has 0 saturated carbocycles. The lowest BCUT2D eigenvalue weighted by Gasteiger charge is -2.21. The summed E-state index contributed by atoms with van der Waals surface area (Å²) >= 11 is 0. The van der Waals surface area contributed by atoms with E-state index in [4.69, 9.17) is 9.47 Å². The monoisotopic (exact) mass is 539 g/mol. The van der Waals surface area contributed by atoms with Gasteiger partial charge < -0.3 is 20.1 Å². The zero-order chi connectivity index (χ0) is 21.2. The Balaban J connectivity index is 0.00000341. The van der Waals surface area contributed by atoms with Crippen molar-refractivity contribution in [2.45, 2.75) is 38.5 Å². The van der Waals surface area contributed by atoms with E-state index in [2.05, 4.69) is 62.8 Å². The quantitative estimate of drug-likeness (QED) is 0.221. The molecule has 2 heterocycles. The van der Waals surface area contributed by atoms with Crippen LogP contribution in [0, 0.1) is 0 Å². The predicted molar refractivity (Wildman–Crippen MR) is 135 cm³/mol. The second kappa shape index (κ2) is 13.5. The minimum Gasteiger partial charge on any atom is -0.475 e. The lowest BCUT2D eigenvalue weighted by molar-refractivity contribution is 0.143. The van der Waals surface area contributed by atoms with Gasteiger partial charge in [-0.2, -0.15) is 0 Å². The summed E-state index contributed by atoms with van der Waals surface area (Å²) in [6, 6.07) is 15.5. The van der Waals surface area contributed by atoms with Gasteiger partial charge in [0.25, 0.3) is 0 Å². The third-order valence-electron chi connectivity index (χ3n) is 5.32. The first-order valence-electron chi connectivity index (χ1n) is 10.5. The van der Waals surface area contributed by atoms with Crippen LogP contribution in [0.2, 0.25) is 0 Å². The van der Waals surface area contributed by atoms with Crippen molar-refractivity contribution in [2.24, 2.45) is 4.99 Å². The SMILES string of the molecule is CN=C(NCc1cccnc1OCCOC)NC1CC(C)N(Cc2ccccc2)C1.I. The van der Waals surface area contributed by atoms with Gasteiger partial charge in [0.2, 0.25) is 5.88 Å². The van der Waals surface area contributed by atoms with E-state index < -0.39 is 0 Å². The number of benzene rings is 1. The van der Waals surface area contributed by atoms with Gasteiger partial charge in [-0.05, 0) is 25.0 Å². The van der Waals surface area contributed by atoms with Gasteiger partial charge >= 0.3 is 0 Å². The number of halogens is 1. The lowest BCUT2D eigenvalue weighted by atomic mass is 10.2. The molecule has 31 heavy (non-hydrogen) atoms. The fourth-order valence-electron chi connectivity index (χ4n) is 3.72. The van der Waals surface area contributed by atoms with Crippen molar-refractivity contribution in [1.29, 1.82) is 0 Å². The Kier molecular flexibility index (Phi) is 11.0. The van der Waals surface area contributed by atoms with Crippen LogP contribution in [0.25, 0.3) is 0 Å². The second-order valence-corrected chi connectivity index (χ2v) is 7.58. The topological polar surface area (TPSA) is 71.0 Å². The van der Waals surface area contributed by atoms with E-state index in [-0.39, 0.29) is 24.0 Å². The van der Waals surface area contributed by atoms with E-state index in [0.29, 0.717) is 37.7 Å². The van der Waals surface area contributed by atoms with Crippen LogP contribution >= 0.6 is 24.0 Å². The minimum absolute atomic E-state index is 0. The van der Waals surface area contributed by atoms with Gasteiger partial charge in [-0.25, -0.2) is 4.98 Å². The molecule has 8 heteroatoms. The fourth-order valence-corrected chi connectivity index (χ4v) is 3.72. The summed E-state index contributed by atoms with van der Waals surface area (Å²) in [4.78, 5) is 11.3. The van der Waals surface area contributed by atoms with Crippen LogP contribution in [0.5, 0.6) is 5.88 Å². The summed E-state index contributed by atoms with van der Waals surface area (Å²) in [7, 11) is 3.46. The van der Waals surface area contributed by atoms with Gasteiger partial charge in [-0.15, -0.1) is 24.0 Å². The molecule has 1 aromatic heterocycles. The van der Waals surface area contributed by atoms with E-state index in [0.717, 1.165) is 31.0 Å². The Labute approximate surface area is 202 Å². The predicted octanol–water partition coefficient (Wildman–Crippen LogP) is 3.05. The molecule has 1 aliphatic rings. The third kappa shape index (κ3) is 7.93. The molecule has 0 spiro atoms. The number of aromatic nitrogens is 1. The van der Waals surface area contributed by atoms with Gasteiger partial charge in [-0.1, -0.05) is 36.4 Å². The third-order valence-corrected chi connectivity index (χ3v) is 5.32. The Hall–Kier alpha value is -1.91. The standard InChI is InChI=1S/C23H33N5O2.HI/c1-18-14-21(17-28(18)16-19-8-5-4-6-9-19)27-23(24-2)26-15-20-10-7-11-25-22(20)30-13-12-29-3;/h4-11,18,21H,12-17H2,1-3H3,(H2,24,26,27);1H. The summed E-state index contributed by atoms with van der Waals surface area (Å²) in [6.07, 6.45) is 2.83. The molecule has 0 amide bonds. The molecule has 1 aliphatic heterocycles. The first-order valence-corrected chi connectivity index (χ1v) is 10.5. The van der Waals surface area contributed by atoms with Crippen molar-refractivity contribution in [3.05, 3.63) is 59.8 Å². The van der Waals surface area contributed by atoms with Crippen molar-refractivity contribution in [1.82, 2.24) is 20.5 Å². The van der Waals surface area contributed by atoms with Crippen LogP contribution in [-0.2, 0) is 17.8 Å². The molecule has 170 valence electrons. The van der Waals surface area contributed by atoms with Crippen molar-refractivity contribution in [2.75, 3.05) is 33.9 Å². The van der Waals surface area contributed by atoms with Gasteiger partial charge in [0.15, 0.2) is 5.96 Å². The normalized spacial score (nSPS) is 19.0. The maximum atomic E-state index is 5.72. The number of ether oxygens (including phenoxy) is 2. The molecular formula is C23H34IN5O2. The number of methoxy groups -OCH3 is 1.